The number of aliphatic carboxylic acids is 1. The molecule has 0 saturated carbocycles. The fourth-order valence-electron chi connectivity index (χ4n) is 3.70. The maximum atomic E-state index is 13.7. The first kappa shape index (κ1) is 25.3. The van der Waals surface area contributed by atoms with Crippen molar-refractivity contribution < 1.29 is 37.0 Å². The van der Waals surface area contributed by atoms with Crippen LogP contribution < -0.4 is 5.32 Å². The van der Waals surface area contributed by atoms with E-state index in [-0.39, 0.29) is 23.7 Å². The van der Waals surface area contributed by atoms with Gasteiger partial charge >= 0.3 is 12.1 Å². The molecule has 1 spiro atoms. The SMILES string of the molecule is O=C(Cc1ccccc1F)N1CC2(CCC(CNc3ncccn3)CO2)C1.O=C(O)C(F)(F)F. The van der Waals surface area contributed by atoms with Gasteiger partial charge in [-0.3, -0.25) is 4.79 Å². The van der Waals surface area contributed by atoms with E-state index < -0.39 is 12.1 Å². The summed E-state index contributed by atoms with van der Waals surface area (Å²) in [6, 6.07) is 8.22. The highest BCUT2D eigenvalue weighted by Crippen LogP contribution is 2.36. The third-order valence-corrected chi connectivity index (χ3v) is 5.60. The van der Waals surface area contributed by atoms with Crippen molar-refractivity contribution >= 4 is 17.8 Å². The minimum Gasteiger partial charge on any atom is -0.475 e. The van der Waals surface area contributed by atoms with E-state index in [0.29, 0.717) is 37.1 Å². The summed E-state index contributed by atoms with van der Waals surface area (Å²) in [4.78, 5) is 31.3. The molecule has 184 valence electrons. The van der Waals surface area contributed by atoms with Crippen molar-refractivity contribution in [3.63, 3.8) is 0 Å². The van der Waals surface area contributed by atoms with E-state index in [0.717, 1.165) is 19.4 Å². The number of halogens is 4. The van der Waals surface area contributed by atoms with Gasteiger partial charge in [0.25, 0.3) is 0 Å². The number of anilines is 1. The van der Waals surface area contributed by atoms with Crippen molar-refractivity contribution in [3.8, 4) is 0 Å². The molecule has 12 heteroatoms. The van der Waals surface area contributed by atoms with Crippen LogP contribution in [0.5, 0.6) is 0 Å². The Hall–Kier alpha value is -3.28. The molecule has 2 N–H and O–H groups in total. The first-order valence-electron chi connectivity index (χ1n) is 10.5. The van der Waals surface area contributed by atoms with Crippen LogP contribution in [0.1, 0.15) is 18.4 Å². The topological polar surface area (TPSA) is 105 Å². The smallest absolute Gasteiger partial charge is 0.475 e. The Kier molecular flexibility index (Phi) is 8.02. The summed E-state index contributed by atoms with van der Waals surface area (Å²) in [7, 11) is 0. The van der Waals surface area contributed by atoms with E-state index >= 15 is 0 Å². The fourth-order valence-corrected chi connectivity index (χ4v) is 3.70. The number of hydrogen-bond acceptors (Lipinski definition) is 6. The van der Waals surface area contributed by atoms with Crippen LogP contribution >= 0.6 is 0 Å². The lowest BCUT2D eigenvalue weighted by Crippen LogP contribution is -2.66. The zero-order chi connectivity index (χ0) is 24.8. The first-order chi connectivity index (χ1) is 16.1. The zero-order valence-corrected chi connectivity index (χ0v) is 18.1. The second-order valence-electron chi connectivity index (χ2n) is 8.17. The maximum Gasteiger partial charge on any atom is 0.490 e. The lowest BCUT2D eigenvalue weighted by Gasteiger charge is -2.52. The maximum absolute atomic E-state index is 13.7. The van der Waals surface area contributed by atoms with Gasteiger partial charge in [0.15, 0.2) is 0 Å². The molecule has 1 unspecified atom stereocenters. The van der Waals surface area contributed by atoms with Crippen molar-refractivity contribution in [3.05, 3.63) is 54.1 Å². The Balaban J connectivity index is 0.000000406. The van der Waals surface area contributed by atoms with Gasteiger partial charge in [0.1, 0.15) is 11.4 Å². The van der Waals surface area contributed by atoms with E-state index in [1.165, 1.54) is 6.07 Å². The Labute approximate surface area is 193 Å². The quantitative estimate of drug-likeness (QED) is 0.629. The normalized spacial score (nSPS) is 18.9. The number of carbonyl (C=O) groups excluding carboxylic acids is 1. The molecule has 1 amide bonds. The molecule has 34 heavy (non-hydrogen) atoms. The molecular formula is C22H24F4N4O4. The number of nitrogens with zero attached hydrogens (tertiary/aromatic N) is 3. The van der Waals surface area contributed by atoms with Gasteiger partial charge in [0.2, 0.25) is 11.9 Å². The Bertz CT molecular complexity index is 974. The zero-order valence-electron chi connectivity index (χ0n) is 18.1. The largest absolute Gasteiger partial charge is 0.490 e. The van der Waals surface area contributed by atoms with E-state index in [2.05, 4.69) is 15.3 Å². The Morgan fingerprint density at radius 2 is 1.82 bits per heavy atom. The van der Waals surface area contributed by atoms with Crippen molar-refractivity contribution in [2.24, 2.45) is 5.92 Å². The molecule has 1 aromatic heterocycles. The van der Waals surface area contributed by atoms with Crippen molar-refractivity contribution in [1.82, 2.24) is 14.9 Å². The molecule has 2 saturated heterocycles. The lowest BCUT2D eigenvalue weighted by molar-refractivity contribution is -0.192. The van der Waals surface area contributed by atoms with Gasteiger partial charge in [-0.2, -0.15) is 13.2 Å². The molecule has 1 aromatic carbocycles. The van der Waals surface area contributed by atoms with Gasteiger partial charge in [-0.05, 0) is 36.5 Å². The van der Waals surface area contributed by atoms with Crippen LogP contribution in [0.2, 0.25) is 0 Å². The number of hydrogen-bond donors (Lipinski definition) is 2. The third kappa shape index (κ3) is 6.86. The molecule has 0 radical (unpaired) electrons. The van der Waals surface area contributed by atoms with Crippen molar-refractivity contribution in [1.29, 1.82) is 0 Å². The van der Waals surface area contributed by atoms with Crippen LogP contribution in [0.3, 0.4) is 0 Å². The predicted molar refractivity (Wildman–Crippen MR) is 112 cm³/mol. The standard InChI is InChI=1S/C20H23FN4O2.C2HF3O2/c21-17-5-2-1-4-16(17)10-18(26)25-13-20(14-25)7-6-15(12-27-20)11-24-19-22-8-3-9-23-19;3-2(4,5)1(6)7/h1-5,8-9,15H,6-7,10-14H2,(H,22,23,24);(H,6,7). The van der Waals surface area contributed by atoms with Gasteiger partial charge in [-0.25, -0.2) is 19.2 Å². The average molecular weight is 484 g/mol. The molecule has 3 heterocycles. The summed E-state index contributed by atoms with van der Waals surface area (Å²) in [5, 5.41) is 10.4. The number of ether oxygens (including phenoxy) is 1. The number of amides is 1. The fraction of sp³-hybridized carbons (Fsp3) is 0.455. The van der Waals surface area contributed by atoms with Gasteiger partial charge in [-0.15, -0.1) is 0 Å². The molecule has 4 rings (SSSR count). The number of carboxylic acid groups (broad SMARTS) is 1. The summed E-state index contributed by atoms with van der Waals surface area (Å²) < 4.78 is 51.6. The molecule has 8 nitrogen and oxygen atoms in total. The third-order valence-electron chi connectivity index (χ3n) is 5.60. The van der Waals surface area contributed by atoms with Gasteiger partial charge in [0, 0.05) is 18.9 Å². The molecule has 2 aliphatic heterocycles. The molecule has 2 aromatic rings. The summed E-state index contributed by atoms with van der Waals surface area (Å²) in [6.07, 6.45) is 0.409. The van der Waals surface area contributed by atoms with E-state index in [9.17, 15) is 22.4 Å². The van der Waals surface area contributed by atoms with Crippen LogP contribution in [-0.4, -0.2) is 69.9 Å². The lowest BCUT2D eigenvalue weighted by atomic mass is 9.82. The number of alkyl halides is 3. The molecular weight excluding hydrogens is 460 g/mol. The average Bonchev–Trinajstić information content (AvgIpc) is 2.78. The van der Waals surface area contributed by atoms with Crippen LogP contribution in [0.15, 0.2) is 42.7 Å². The van der Waals surface area contributed by atoms with Crippen LogP contribution in [0, 0.1) is 11.7 Å². The highest BCUT2D eigenvalue weighted by Gasteiger charge is 2.48. The molecule has 2 aliphatic rings. The second-order valence-corrected chi connectivity index (χ2v) is 8.17. The molecule has 0 aliphatic carbocycles. The number of rotatable bonds is 5. The van der Waals surface area contributed by atoms with Crippen molar-refractivity contribution in [2.45, 2.75) is 31.0 Å². The van der Waals surface area contributed by atoms with Gasteiger partial charge in [0.05, 0.1) is 26.1 Å². The summed E-state index contributed by atoms with van der Waals surface area (Å²) in [5.41, 5.74) is 0.229. The van der Waals surface area contributed by atoms with Crippen LogP contribution in [0.4, 0.5) is 23.5 Å². The minimum atomic E-state index is -5.08. The van der Waals surface area contributed by atoms with E-state index in [1.54, 1.807) is 41.6 Å². The molecule has 2 fully saturated rings. The number of benzene rings is 1. The number of carboxylic acids is 1. The Morgan fingerprint density at radius 1 is 1.18 bits per heavy atom. The molecule has 0 bridgehead atoms. The van der Waals surface area contributed by atoms with E-state index in [1.807, 2.05) is 0 Å². The predicted octanol–water partition coefficient (Wildman–Crippen LogP) is 2.91. The monoisotopic (exact) mass is 484 g/mol. The van der Waals surface area contributed by atoms with Crippen molar-refractivity contribution in [2.75, 3.05) is 31.6 Å². The number of aromatic nitrogens is 2. The summed E-state index contributed by atoms with van der Waals surface area (Å²) in [6.45, 7) is 2.63. The van der Waals surface area contributed by atoms with E-state index in [4.69, 9.17) is 14.6 Å². The van der Waals surface area contributed by atoms with Gasteiger partial charge in [-0.1, -0.05) is 18.2 Å². The Morgan fingerprint density at radius 3 is 2.38 bits per heavy atom. The van der Waals surface area contributed by atoms with Crippen LogP contribution in [-0.2, 0) is 20.7 Å². The van der Waals surface area contributed by atoms with Gasteiger partial charge < -0.3 is 20.1 Å². The summed E-state index contributed by atoms with van der Waals surface area (Å²) in [5.74, 6) is -2.09. The minimum absolute atomic E-state index is 0.0423. The number of nitrogens with one attached hydrogen (secondary N) is 1. The number of likely N-dealkylation sites (tertiary alicyclic amines) is 1. The molecule has 1 atom stereocenters. The van der Waals surface area contributed by atoms with Crippen LogP contribution in [0.25, 0.3) is 0 Å². The first-order valence-corrected chi connectivity index (χ1v) is 10.5. The number of carbonyl (C=O) groups is 2. The summed E-state index contributed by atoms with van der Waals surface area (Å²) >= 11 is 0. The second kappa shape index (κ2) is 10.8. The highest BCUT2D eigenvalue weighted by molar-refractivity contribution is 5.80. The highest BCUT2D eigenvalue weighted by atomic mass is 19.4.